The molecule has 4 aliphatic carbocycles. The van der Waals surface area contributed by atoms with E-state index in [0.29, 0.717) is 23.0 Å². The zero-order valence-electron chi connectivity index (χ0n) is 16.7. The molecule has 0 saturated heterocycles. The van der Waals surface area contributed by atoms with Crippen LogP contribution in [0, 0.1) is 35.5 Å². The highest BCUT2D eigenvalue weighted by atomic mass is 16.2. The normalized spacial score (nSPS) is 35.3. The lowest BCUT2D eigenvalue weighted by atomic mass is 9.89. The van der Waals surface area contributed by atoms with Gasteiger partial charge in [0.15, 0.2) is 0 Å². The van der Waals surface area contributed by atoms with Crippen molar-refractivity contribution in [2.24, 2.45) is 35.5 Å². The van der Waals surface area contributed by atoms with E-state index in [1.807, 2.05) is 18.2 Å². The van der Waals surface area contributed by atoms with Crippen LogP contribution >= 0.6 is 0 Å². The van der Waals surface area contributed by atoms with Gasteiger partial charge in [0.05, 0.1) is 0 Å². The summed E-state index contributed by atoms with van der Waals surface area (Å²) in [6.07, 6.45) is 10.7. The fraction of sp³-hybridized carbons (Fsp3) is 0.667. The van der Waals surface area contributed by atoms with Crippen LogP contribution in [-0.4, -0.2) is 24.9 Å². The lowest BCUT2D eigenvalue weighted by Gasteiger charge is -2.22. The number of hydrogen-bond donors (Lipinski definition) is 2. The molecule has 0 unspecified atom stereocenters. The molecule has 2 N–H and O–H groups in total. The molecule has 4 saturated carbocycles. The number of amides is 2. The van der Waals surface area contributed by atoms with Crippen LogP contribution in [-0.2, 0) is 0 Å². The Morgan fingerprint density at radius 3 is 1.64 bits per heavy atom. The monoisotopic (exact) mass is 380 g/mol. The number of hydrogen-bond acceptors (Lipinski definition) is 2. The van der Waals surface area contributed by atoms with Crippen LogP contribution < -0.4 is 10.6 Å². The van der Waals surface area contributed by atoms with Gasteiger partial charge in [-0.05, 0) is 92.2 Å². The van der Waals surface area contributed by atoms with Gasteiger partial charge in [-0.15, -0.1) is 0 Å². The first kappa shape index (κ1) is 18.2. The third kappa shape index (κ3) is 3.58. The Hall–Kier alpha value is -1.84. The van der Waals surface area contributed by atoms with Gasteiger partial charge in [-0.2, -0.15) is 0 Å². The molecule has 0 radical (unpaired) electrons. The Kier molecular flexibility index (Phi) is 4.90. The summed E-state index contributed by atoms with van der Waals surface area (Å²) in [6.45, 7) is 1.56. The van der Waals surface area contributed by atoms with E-state index in [9.17, 15) is 9.59 Å². The Morgan fingerprint density at radius 2 is 1.25 bits per heavy atom. The van der Waals surface area contributed by atoms with Crippen LogP contribution in [0.3, 0.4) is 0 Å². The van der Waals surface area contributed by atoms with E-state index in [0.717, 1.165) is 36.8 Å². The average molecular weight is 381 g/mol. The quantitative estimate of drug-likeness (QED) is 0.783. The van der Waals surface area contributed by atoms with Crippen molar-refractivity contribution >= 4 is 11.8 Å². The molecule has 150 valence electrons. The SMILES string of the molecule is O=C(NC[C@@H]1C[C@H]2CC[C@H]1C2)c1cccc(C(=O)NC[C@@H]2C[C@H]3CC[C@H]2C3)c1. The van der Waals surface area contributed by atoms with Crippen molar-refractivity contribution in [3.63, 3.8) is 0 Å². The molecule has 1 aromatic rings. The maximum absolute atomic E-state index is 12.6. The number of benzene rings is 1. The minimum absolute atomic E-state index is 0.0504. The zero-order chi connectivity index (χ0) is 19.1. The third-order valence-electron chi connectivity index (χ3n) is 8.21. The highest BCUT2D eigenvalue weighted by molar-refractivity contribution is 5.99. The fourth-order valence-electron chi connectivity index (χ4n) is 6.71. The van der Waals surface area contributed by atoms with Gasteiger partial charge in [-0.25, -0.2) is 0 Å². The molecule has 1 aromatic carbocycles. The molecule has 6 atom stereocenters. The lowest BCUT2D eigenvalue weighted by Crippen LogP contribution is -2.33. The van der Waals surface area contributed by atoms with Crippen molar-refractivity contribution in [2.75, 3.05) is 13.1 Å². The molecule has 0 spiro atoms. The number of carbonyl (C=O) groups is 2. The Balaban J connectivity index is 1.14. The first-order valence-corrected chi connectivity index (χ1v) is 11.3. The van der Waals surface area contributed by atoms with E-state index in [-0.39, 0.29) is 11.8 Å². The van der Waals surface area contributed by atoms with Crippen molar-refractivity contribution in [3.8, 4) is 0 Å². The summed E-state index contributed by atoms with van der Waals surface area (Å²) in [5, 5.41) is 6.23. The van der Waals surface area contributed by atoms with Gasteiger partial charge in [0.2, 0.25) is 0 Å². The molecular formula is C24H32N2O2. The van der Waals surface area contributed by atoms with Crippen LogP contribution in [0.1, 0.15) is 72.1 Å². The third-order valence-corrected chi connectivity index (χ3v) is 8.21. The molecular weight excluding hydrogens is 348 g/mol. The van der Waals surface area contributed by atoms with Crippen molar-refractivity contribution in [3.05, 3.63) is 35.4 Å². The van der Waals surface area contributed by atoms with E-state index in [1.54, 1.807) is 6.07 Å². The number of nitrogens with one attached hydrogen (secondary N) is 2. The van der Waals surface area contributed by atoms with Crippen LogP contribution in [0.5, 0.6) is 0 Å². The molecule has 28 heavy (non-hydrogen) atoms. The molecule has 4 aliphatic rings. The van der Waals surface area contributed by atoms with Gasteiger partial charge in [0, 0.05) is 24.2 Å². The molecule has 4 heteroatoms. The molecule has 4 bridgehead atoms. The summed E-state index contributed by atoms with van der Waals surface area (Å²) in [7, 11) is 0. The van der Waals surface area contributed by atoms with Gasteiger partial charge in [0.25, 0.3) is 11.8 Å². The summed E-state index contributed by atoms with van der Waals surface area (Å²) >= 11 is 0. The minimum Gasteiger partial charge on any atom is -0.352 e. The fourth-order valence-corrected chi connectivity index (χ4v) is 6.71. The van der Waals surface area contributed by atoms with Gasteiger partial charge in [-0.1, -0.05) is 18.9 Å². The van der Waals surface area contributed by atoms with Crippen LogP contribution in [0.2, 0.25) is 0 Å². The molecule has 0 aromatic heterocycles. The predicted molar refractivity (Wildman–Crippen MR) is 109 cm³/mol. The van der Waals surface area contributed by atoms with Crippen molar-refractivity contribution in [1.29, 1.82) is 0 Å². The van der Waals surface area contributed by atoms with E-state index in [4.69, 9.17) is 0 Å². The molecule has 4 fully saturated rings. The largest absolute Gasteiger partial charge is 0.352 e. The van der Waals surface area contributed by atoms with Crippen molar-refractivity contribution < 1.29 is 9.59 Å². The average Bonchev–Trinajstić information content (AvgIpc) is 3.52. The number of carbonyl (C=O) groups excluding carboxylic acids is 2. The van der Waals surface area contributed by atoms with Crippen LogP contribution in [0.15, 0.2) is 24.3 Å². The summed E-state index contributed by atoms with van der Waals surface area (Å²) in [5.74, 6) is 4.62. The Labute approximate surface area is 167 Å². The van der Waals surface area contributed by atoms with Crippen LogP contribution in [0.4, 0.5) is 0 Å². The van der Waals surface area contributed by atoms with E-state index < -0.39 is 0 Å². The standard InChI is InChI=1S/C24H32N2O2/c27-23(25-13-21-10-15-4-6-17(21)8-15)19-2-1-3-20(12-19)24(28)26-14-22-11-16-5-7-18(22)9-16/h1-3,12,15-18,21-22H,4-11,13-14H2,(H,25,27)(H,26,28)/t15-,16-,17-,18-,21-,22-/m0/s1. The maximum Gasteiger partial charge on any atom is 0.251 e. The Bertz CT molecular complexity index is 701. The first-order chi connectivity index (χ1) is 13.7. The van der Waals surface area contributed by atoms with Gasteiger partial charge < -0.3 is 10.6 Å². The topological polar surface area (TPSA) is 58.2 Å². The maximum atomic E-state index is 12.6. The molecule has 0 aliphatic heterocycles. The first-order valence-electron chi connectivity index (χ1n) is 11.3. The van der Waals surface area contributed by atoms with Crippen molar-refractivity contribution in [2.45, 2.75) is 51.4 Å². The number of rotatable bonds is 6. The smallest absolute Gasteiger partial charge is 0.251 e. The van der Waals surface area contributed by atoms with Crippen molar-refractivity contribution in [1.82, 2.24) is 10.6 Å². The Morgan fingerprint density at radius 1 is 0.750 bits per heavy atom. The van der Waals surface area contributed by atoms with E-state index in [2.05, 4.69) is 10.6 Å². The number of fused-ring (bicyclic) bond motifs is 4. The summed E-state index contributed by atoms with van der Waals surface area (Å²) in [5.41, 5.74) is 1.19. The van der Waals surface area contributed by atoms with Gasteiger partial charge in [0.1, 0.15) is 0 Å². The van der Waals surface area contributed by atoms with Gasteiger partial charge >= 0.3 is 0 Å². The van der Waals surface area contributed by atoms with E-state index >= 15 is 0 Å². The summed E-state index contributed by atoms with van der Waals surface area (Å²) < 4.78 is 0. The minimum atomic E-state index is -0.0504. The summed E-state index contributed by atoms with van der Waals surface area (Å²) in [6, 6.07) is 7.18. The highest BCUT2D eigenvalue weighted by Crippen LogP contribution is 2.48. The molecule has 2 amide bonds. The molecule has 4 nitrogen and oxygen atoms in total. The zero-order valence-corrected chi connectivity index (χ0v) is 16.7. The lowest BCUT2D eigenvalue weighted by molar-refractivity contribution is 0.0941. The second-order valence-electron chi connectivity index (χ2n) is 9.87. The van der Waals surface area contributed by atoms with Gasteiger partial charge in [-0.3, -0.25) is 9.59 Å². The predicted octanol–water partition coefficient (Wildman–Crippen LogP) is 4.02. The highest BCUT2D eigenvalue weighted by Gasteiger charge is 2.40. The second kappa shape index (κ2) is 7.53. The second-order valence-corrected chi connectivity index (χ2v) is 9.87. The van der Waals surface area contributed by atoms with Crippen LogP contribution in [0.25, 0.3) is 0 Å². The van der Waals surface area contributed by atoms with E-state index in [1.165, 1.54) is 51.4 Å². The molecule has 0 heterocycles. The molecule has 5 rings (SSSR count). The summed E-state index contributed by atoms with van der Waals surface area (Å²) in [4.78, 5) is 25.2.